The van der Waals surface area contributed by atoms with Crippen molar-refractivity contribution in [1.82, 2.24) is 0 Å². The van der Waals surface area contributed by atoms with Gasteiger partial charge in [-0.2, -0.15) is 0 Å². The summed E-state index contributed by atoms with van der Waals surface area (Å²) < 4.78 is 0. The smallest absolute Gasteiger partial charge is 0.123 e. The van der Waals surface area contributed by atoms with E-state index < -0.39 is 0 Å². The second-order valence-corrected chi connectivity index (χ2v) is 14.2. The molecule has 5 aromatic rings. The summed E-state index contributed by atoms with van der Waals surface area (Å²) >= 11 is 0. The van der Waals surface area contributed by atoms with Gasteiger partial charge in [-0.05, 0) is 69.0 Å². The van der Waals surface area contributed by atoms with Crippen molar-refractivity contribution in [1.29, 1.82) is 0 Å². The van der Waals surface area contributed by atoms with Crippen molar-refractivity contribution in [2.24, 2.45) is 0 Å². The van der Waals surface area contributed by atoms with Gasteiger partial charge >= 0.3 is 0 Å². The van der Waals surface area contributed by atoms with E-state index in [4.69, 9.17) is 0 Å². The molecule has 0 aliphatic rings. The highest BCUT2D eigenvalue weighted by Gasteiger charge is 2.30. The topological polar surface area (TPSA) is 40.5 Å². The molecular formula is C42H46O2. The van der Waals surface area contributed by atoms with Crippen LogP contribution in [0.3, 0.4) is 0 Å². The largest absolute Gasteiger partial charge is 0.507 e. The molecule has 5 rings (SSSR count). The van der Waals surface area contributed by atoms with Crippen LogP contribution in [0.5, 0.6) is 11.5 Å². The van der Waals surface area contributed by atoms with Gasteiger partial charge in [0.25, 0.3) is 0 Å². The summed E-state index contributed by atoms with van der Waals surface area (Å²) in [6.45, 7) is 12.9. The highest BCUT2D eigenvalue weighted by atomic mass is 16.3. The van der Waals surface area contributed by atoms with Crippen LogP contribution < -0.4 is 0 Å². The average molecular weight is 583 g/mol. The van der Waals surface area contributed by atoms with Gasteiger partial charge in [-0.3, -0.25) is 0 Å². The molecule has 0 aliphatic carbocycles. The molecule has 2 N–H and O–H groups in total. The second kappa shape index (κ2) is 12.7. The third-order valence-electron chi connectivity index (χ3n) is 8.55. The molecule has 0 unspecified atom stereocenters. The normalized spacial score (nSPS) is 12.1. The predicted molar refractivity (Wildman–Crippen MR) is 184 cm³/mol. The third kappa shape index (κ3) is 7.25. The molecular weight excluding hydrogens is 536 g/mol. The summed E-state index contributed by atoms with van der Waals surface area (Å²) in [5, 5.41) is 24.1. The van der Waals surface area contributed by atoms with Crippen molar-refractivity contribution >= 4 is 0 Å². The number of phenolic OH excluding ortho intramolecular Hbond substituents is 2. The van der Waals surface area contributed by atoms with Gasteiger partial charge in [0.2, 0.25) is 0 Å². The van der Waals surface area contributed by atoms with Crippen LogP contribution in [0, 0.1) is 0 Å². The number of hydrogen-bond donors (Lipinski definition) is 2. The Balaban J connectivity index is 1.75. The lowest BCUT2D eigenvalue weighted by atomic mass is 9.76. The average Bonchev–Trinajstić information content (AvgIpc) is 2.98. The summed E-state index contributed by atoms with van der Waals surface area (Å²) in [4.78, 5) is 0. The van der Waals surface area contributed by atoms with Gasteiger partial charge in [-0.25, -0.2) is 0 Å². The summed E-state index contributed by atoms with van der Waals surface area (Å²) in [5.74, 6) is 0.381. The Morgan fingerprint density at radius 1 is 0.455 bits per heavy atom. The van der Waals surface area contributed by atoms with E-state index in [1.165, 1.54) is 11.1 Å². The molecule has 0 atom stereocenters. The predicted octanol–water partition coefficient (Wildman–Crippen LogP) is 10.2. The van der Waals surface area contributed by atoms with Gasteiger partial charge in [0, 0.05) is 17.0 Å². The molecule has 0 saturated carbocycles. The molecule has 0 fully saturated rings. The fraction of sp³-hybridized carbons (Fsp3) is 0.286. The van der Waals surface area contributed by atoms with E-state index in [1.807, 2.05) is 18.2 Å². The molecule has 0 bridgehead atoms. The number of aromatic hydroxyl groups is 2. The minimum atomic E-state index is -0.267. The first-order valence-electron chi connectivity index (χ1n) is 15.7. The zero-order valence-corrected chi connectivity index (χ0v) is 27.1. The number of benzene rings is 5. The van der Waals surface area contributed by atoms with E-state index >= 15 is 0 Å². The van der Waals surface area contributed by atoms with Crippen molar-refractivity contribution < 1.29 is 10.2 Å². The molecule has 0 aliphatic heterocycles. The zero-order valence-electron chi connectivity index (χ0n) is 27.1. The number of hydrogen-bond acceptors (Lipinski definition) is 2. The monoisotopic (exact) mass is 582 g/mol. The molecule has 5 aromatic carbocycles. The highest BCUT2D eigenvalue weighted by Crippen LogP contribution is 2.46. The first kappa shape index (κ1) is 31.1. The van der Waals surface area contributed by atoms with Gasteiger partial charge in [0.05, 0.1) is 0 Å². The first-order valence-corrected chi connectivity index (χ1v) is 15.7. The van der Waals surface area contributed by atoms with E-state index in [1.54, 1.807) is 0 Å². The summed E-state index contributed by atoms with van der Waals surface area (Å²) in [6.07, 6.45) is 2.18. The fourth-order valence-corrected chi connectivity index (χ4v) is 6.22. The minimum absolute atomic E-state index is 0.258. The summed E-state index contributed by atoms with van der Waals surface area (Å²) in [7, 11) is 0. The Hall–Kier alpha value is -4.30. The highest BCUT2D eigenvalue weighted by molar-refractivity contribution is 5.57. The molecule has 2 nitrogen and oxygen atoms in total. The molecule has 44 heavy (non-hydrogen) atoms. The third-order valence-corrected chi connectivity index (χ3v) is 8.55. The van der Waals surface area contributed by atoms with Crippen molar-refractivity contribution in [2.45, 2.75) is 77.6 Å². The van der Waals surface area contributed by atoms with Crippen molar-refractivity contribution in [3.63, 3.8) is 0 Å². The maximum Gasteiger partial charge on any atom is 0.123 e. The van der Waals surface area contributed by atoms with Gasteiger partial charge in [-0.15, -0.1) is 0 Å². The van der Waals surface area contributed by atoms with Gasteiger partial charge in [0.15, 0.2) is 0 Å². The van der Waals surface area contributed by atoms with Crippen LogP contribution in [-0.4, -0.2) is 10.2 Å². The van der Waals surface area contributed by atoms with E-state index in [-0.39, 0.29) is 16.7 Å². The van der Waals surface area contributed by atoms with Crippen molar-refractivity contribution in [2.75, 3.05) is 0 Å². The number of phenols is 2. The van der Waals surface area contributed by atoms with E-state index in [9.17, 15) is 10.2 Å². The van der Waals surface area contributed by atoms with Gasteiger partial charge in [-0.1, -0.05) is 157 Å². The SMILES string of the molecule is CC(C)(C)c1cc(Cc2ccccc2)cc(C(Cc2ccccc2)c2cc(Cc3ccccc3)cc(C(C)(C)C)c2O)c1O. The Bertz CT molecular complexity index is 1580. The minimum Gasteiger partial charge on any atom is -0.507 e. The zero-order chi connectivity index (χ0) is 31.5. The van der Waals surface area contributed by atoms with Crippen molar-refractivity contribution in [3.05, 3.63) is 165 Å². The molecule has 0 spiro atoms. The van der Waals surface area contributed by atoms with Gasteiger partial charge in [0.1, 0.15) is 11.5 Å². The summed E-state index contributed by atoms with van der Waals surface area (Å²) in [5.41, 5.74) is 8.97. The van der Waals surface area contributed by atoms with Crippen LogP contribution in [0.15, 0.2) is 115 Å². The van der Waals surface area contributed by atoms with Gasteiger partial charge < -0.3 is 10.2 Å². The Kier molecular flexibility index (Phi) is 9.02. The van der Waals surface area contributed by atoms with Crippen LogP contribution in [0.1, 0.15) is 97.5 Å². The molecule has 0 radical (unpaired) electrons. The van der Waals surface area contributed by atoms with E-state index in [0.29, 0.717) is 17.9 Å². The lowest BCUT2D eigenvalue weighted by molar-refractivity contribution is 0.427. The van der Waals surface area contributed by atoms with Crippen LogP contribution in [-0.2, 0) is 30.1 Å². The first-order chi connectivity index (χ1) is 20.9. The Morgan fingerprint density at radius 2 is 0.795 bits per heavy atom. The lowest BCUT2D eigenvalue weighted by Gasteiger charge is -2.30. The quantitative estimate of drug-likeness (QED) is 0.191. The molecule has 0 aromatic heterocycles. The van der Waals surface area contributed by atoms with Crippen molar-refractivity contribution in [3.8, 4) is 11.5 Å². The van der Waals surface area contributed by atoms with E-state index in [2.05, 4.69) is 139 Å². The van der Waals surface area contributed by atoms with Crippen LogP contribution >= 0.6 is 0 Å². The lowest BCUT2D eigenvalue weighted by Crippen LogP contribution is -2.17. The maximum absolute atomic E-state index is 12.1. The Morgan fingerprint density at radius 3 is 1.14 bits per heavy atom. The molecule has 0 saturated heterocycles. The summed E-state index contributed by atoms with van der Waals surface area (Å²) in [6, 6.07) is 40.1. The fourth-order valence-electron chi connectivity index (χ4n) is 6.22. The molecule has 2 heteroatoms. The second-order valence-electron chi connectivity index (χ2n) is 14.2. The standard InChI is InChI=1S/C42H46O2/c1-41(2,3)37-27-32(22-29-16-10-7-11-17-29)25-35(39(37)43)34(24-31-20-14-9-15-21-31)36-26-33(23-30-18-12-8-13-19-30)28-38(40(36)44)42(4,5)6/h7-21,25-28,34,43-44H,22-24H2,1-6H3. The molecule has 0 amide bonds. The van der Waals surface area contributed by atoms with Crippen LogP contribution in [0.25, 0.3) is 0 Å². The molecule has 226 valence electrons. The van der Waals surface area contributed by atoms with E-state index in [0.717, 1.165) is 51.8 Å². The molecule has 0 heterocycles. The Labute approximate surface area is 264 Å². The number of rotatable bonds is 8. The van der Waals surface area contributed by atoms with Crippen LogP contribution in [0.2, 0.25) is 0 Å². The maximum atomic E-state index is 12.1. The van der Waals surface area contributed by atoms with Crippen LogP contribution in [0.4, 0.5) is 0 Å².